The van der Waals surface area contributed by atoms with E-state index in [0.717, 1.165) is 0 Å². The zero-order chi connectivity index (χ0) is 14.9. The standard InChI is InChI=1S/C15H19FN2O2/c1-4-17(3)14(19)12-7-8-18(15(12)20)11-6-5-10(2)13(16)9-11/h5-6,9,12H,4,7-8H2,1-3H3. The summed E-state index contributed by atoms with van der Waals surface area (Å²) >= 11 is 0. The van der Waals surface area contributed by atoms with Gasteiger partial charge in [0.15, 0.2) is 0 Å². The van der Waals surface area contributed by atoms with Crippen molar-refractivity contribution in [1.29, 1.82) is 0 Å². The van der Waals surface area contributed by atoms with Crippen LogP contribution < -0.4 is 4.90 Å². The van der Waals surface area contributed by atoms with Crippen molar-refractivity contribution in [3.63, 3.8) is 0 Å². The Labute approximate surface area is 118 Å². The molecule has 0 spiro atoms. The fourth-order valence-corrected chi connectivity index (χ4v) is 2.34. The summed E-state index contributed by atoms with van der Waals surface area (Å²) in [7, 11) is 1.68. The van der Waals surface area contributed by atoms with Crippen molar-refractivity contribution in [3.8, 4) is 0 Å². The van der Waals surface area contributed by atoms with Crippen LogP contribution in [0.5, 0.6) is 0 Å². The molecule has 0 radical (unpaired) electrons. The minimum Gasteiger partial charge on any atom is -0.345 e. The molecule has 5 heteroatoms. The quantitative estimate of drug-likeness (QED) is 0.793. The number of rotatable bonds is 3. The number of halogens is 1. The number of amides is 2. The highest BCUT2D eigenvalue weighted by atomic mass is 19.1. The van der Waals surface area contributed by atoms with Gasteiger partial charge in [-0.3, -0.25) is 9.59 Å². The second kappa shape index (κ2) is 5.61. The topological polar surface area (TPSA) is 40.6 Å². The first-order valence-corrected chi connectivity index (χ1v) is 6.78. The van der Waals surface area contributed by atoms with Gasteiger partial charge >= 0.3 is 0 Å². The van der Waals surface area contributed by atoms with Crippen molar-refractivity contribution < 1.29 is 14.0 Å². The molecule has 0 aromatic heterocycles. The summed E-state index contributed by atoms with van der Waals surface area (Å²) in [6, 6.07) is 4.71. The molecule has 1 fully saturated rings. The number of hydrogen-bond acceptors (Lipinski definition) is 2. The number of anilines is 1. The van der Waals surface area contributed by atoms with Crippen molar-refractivity contribution in [2.75, 3.05) is 25.0 Å². The number of carbonyl (C=O) groups excluding carboxylic acids is 2. The molecule has 1 unspecified atom stereocenters. The van der Waals surface area contributed by atoms with Crippen molar-refractivity contribution in [3.05, 3.63) is 29.6 Å². The molecule has 0 N–H and O–H groups in total. The van der Waals surface area contributed by atoms with Crippen LogP contribution in [0.4, 0.5) is 10.1 Å². The van der Waals surface area contributed by atoms with E-state index in [1.807, 2.05) is 6.92 Å². The summed E-state index contributed by atoms with van der Waals surface area (Å²) in [6.07, 6.45) is 0.484. The van der Waals surface area contributed by atoms with Crippen LogP contribution in [0, 0.1) is 18.7 Å². The van der Waals surface area contributed by atoms with E-state index in [1.165, 1.54) is 11.0 Å². The summed E-state index contributed by atoms with van der Waals surface area (Å²) in [5.74, 6) is -1.37. The summed E-state index contributed by atoms with van der Waals surface area (Å²) in [5, 5.41) is 0. The van der Waals surface area contributed by atoms with Crippen LogP contribution in [0.2, 0.25) is 0 Å². The highest BCUT2D eigenvalue weighted by Crippen LogP contribution is 2.27. The third-order valence-electron chi connectivity index (χ3n) is 3.82. The summed E-state index contributed by atoms with van der Waals surface area (Å²) in [4.78, 5) is 27.4. The van der Waals surface area contributed by atoms with Crippen molar-refractivity contribution in [2.24, 2.45) is 5.92 Å². The molecular weight excluding hydrogens is 259 g/mol. The van der Waals surface area contributed by atoms with Gasteiger partial charge in [-0.2, -0.15) is 0 Å². The molecule has 1 aromatic carbocycles. The molecule has 2 rings (SSSR count). The van der Waals surface area contributed by atoms with Gasteiger partial charge in [0.2, 0.25) is 11.8 Å². The molecule has 1 aromatic rings. The number of hydrogen-bond donors (Lipinski definition) is 0. The highest BCUT2D eigenvalue weighted by Gasteiger charge is 2.38. The SMILES string of the molecule is CCN(C)C(=O)C1CCN(c2ccc(C)c(F)c2)C1=O. The third kappa shape index (κ3) is 2.53. The van der Waals surface area contributed by atoms with Crippen molar-refractivity contribution >= 4 is 17.5 Å². The maximum absolute atomic E-state index is 13.6. The second-order valence-electron chi connectivity index (χ2n) is 5.12. The lowest BCUT2D eigenvalue weighted by Crippen LogP contribution is -2.37. The van der Waals surface area contributed by atoms with E-state index in [0.29, 0.717) is 30.8 Å². The average Bonchev–Trinajstić information content (AvgIpc) is 2.82. The second-order valence-corrected chi connectivity index (χ2v) is 5.12. The predicted octanol–water partition coefficient (Wildman–Crippen LogP) is 1.97. The smallest absolute Gasteiger partial charge is 0.239 e. The first-order chi connectivity index (χ1) is 9.45. The largest absolute Gasteiger partial charge is 0.345 e. The summed E-state index contributed by atoms with van der Waals surface area (Å²) in [5.41, 5.74) is 1.06. The van der Waals surface area contributed by atoms with Gasteiger partial charge in [0.1, 0.15) is 11.7 Å². The average molecular weight is 278 g/mol. The van der Waals surface area contributed by atoms with Gasteiger partial charge in [0.25, 0.3) is 0 Å². The van der Waals surface area contributed by atoms with Crippen LogP contribution in [0.1, 0.15) is 18.9 Å². The number of benzene rings is 1. The van der Waals surface area contributed by atoms with Gasteiger partial charge in [0.05, 0.1) is 0 Å². The molecule has 4 nitrogen and oxygen atoms in total. The van der Waals surface area contributed by atoms with E-state index in [-0.39, 0.29) is 17.6 Å². The molecule has 1 saturated heterocycles. The van der Waals surface area contributed by atoms with E-state index in [9.17, 15) is 14.0 Å². The van der Waals surface area contributed by atoms with Crippen LogP contribution in [0.3, 0.4) is 0 Å². The summed E-state index contributed by atoms with van der Waals surface area (Å²) < 4.78 is 13.6. The minimum absolute atomic E-state index is 0.160. The van der Waals surface area contributed by atoms with Crippen molar-refractivity contribution in [2.45, 2.75) is 20.3 Å². The predicted molar refractivity (Wildman–Crippen MR) is 74.9 cm³/mol. The van der Waals surface area contributed by atoms with Crippen molar-refractivity contribution in [1.82, 2.24) is 4.90 Å². The van der Waals surface area contributed by atoms with E-state index in [2.05, 4.69) is 0 Å². The zero-order valence-electron chi connectivity index (χ0n) is 12.0. The van der Waals surface area contributed by atoms with Gasteiger partial charge in [-0.15, -0.1) is 0 Å². The van der Waals surface area contributed by atoms with E-state index in [1.54, 1.807) is 31.0 Å². The minimum atomic E-state index is -0.635. The van der Waals surface area contributed by atoms with E-state index >= 15 is 0 Å². The van der Waals surface area contributed by atoms with E-state index in [4.69, 9.17) is 0 Å². The Morgan fingerprint density at radius 3 is 2.80 bits per heavy atom. The molecule has 1 aliphatic heterocycles. The van der Waals surface area contributed by atoms with E-state index < -0.39 is 5.92 Å². The number of carbonyl (C=O) groups is 2. The Morgan fingerprint density at radius 1 is 1.50 bits per heavy atom. The monoisotopic (exact) mass is 278 g/mol. The fourth-order valence-electron chi connectivity index (χ4n) is 2.34. The van der Waals surface area contributed by atoms with Gasteiger partial charge in [0, 0.05) is 25.8 Å². The maximum Gasteiger partial charge on any atom is 0.239 e. The Morgan fingerprint density at radius 2 is 2.20 bits per heavy atom. The Bertz CT molecular complexity index is 545. The Hall–Kier alpha value is -1.91. The first-order valence-electron chi connectivity index (χ1n) is 6.78. The normalized spacial score (nSPS) is 18.5. The molecule has 0 bridgehead atoms. The molecular formula is C15H19FN2O2. The van der Waals surface area contributed by atoms with Gasteiger partial charge in [-0.1, -0.05) is 6.07 Å². The fraction of sp³-hybridized carbons (Fsp3) is 0.467. The molecule has 0 aliphatic carbocycles. The lowest BCUT2D eigenvalue weighted by atomic mass is 10.1. The highest BCUT2D eigenvalue weighted by molar-refractivity contribution is 6.09. The number of aryl methyl sites for hydroxylation is 1. The molecule has 1 aliphatic rings. The third-order valence-corrected chi connectivity index (χ3v) is 3.82. The van der Waals surface area contributed by atoms with Gasteiger partial charge in [-0.05, 0) is 38.0 Å². The molecule has 20 heavy (non-hydrogen) atoms. The first kappa shape index (κ1) is 14.5. The lowest BCUT2D eigenvalue weighted by molar-refractivity contribution is -0.138. The molecule has 2 amide bonds. The molecule has 0 saturated carbocycles. The maximum atomic E-state index is 13.6. The van der Waals surface area contributed by atoms with Crippen LogP contribution in [-0.4, -0.2) is 36.9 Å². The van der Waals surface area contributed by atoms with Gasteiger partial charge < -0.3 is 9.80 Å². The Kier molecular flexibility index (Phi) is 4.06. The zero-order valence-corrected chi connectivity index (χ0v) is 12.0. The molecule has 1 atom stereocenters. The van der Waals surface area contributed by atoms with Crippen LogP contribution in [0.15, 0.2) is 18.2 Å². The summed E-state index contributed by atoms with van der Waals surface area (Å²) in [6.45, 7) is 4.56. The van der Waals surface area contributed by atoms with Crippen LogP contribution in [-0.2, 0) is 9.59 Å². The van der Waals surface area contributed by atoms with Crippen LogP contribution >= 0.6 is 0 Å². The lowest BCUT2D eigenvalue weighted by Gasteiger charge is -2.20. The Balaban J connectivity index is 2.19. The van der Waals surface area contributed by atoms with Gasteiger partial charge in [-0.25, -0.2) is 4.39 Å². The number of nitrogens with zero attached hydrogens (tertiary/aromatic N) is 2. The van der Waals surface area contributed by atoms with Crippen LogP contribution in [0.25, 0.3) is 0 Å². The molecule has 1 heterocycles. The molecule has 108 valence electrons.